The van der Waals surface area contributed by atoms with Crippen LogP contribution in [0.5, 0.6) is 0 Å². The van der Waals surface area contributed by atoms with Crippen LogP contribution in [0.4, 0.5) is 0 Å². The van der Waals surface area contributed by atoms with E-state index >= 15 is 0 Å². The van der Waals surface area contributed by atoms with Crippen LogP contribution in [0.15, 0.2) is 0 Å². The first kappa shape index (κ1) is 28.8. The third kappa shape index (κ3) is 5.07. The summed E-state index contributed by atoms with van der Waals surface area (Å²) in [6, 6.07) is 0. The van der Waals surface area contributed by atoms with Crippen molar-refractivity contribution in [2.45, 2.75) is 152 Å². The third-order valence-corrected chi connectivity index (χ3v) is 13.8. The molecule has 5 aliphatic heterocycles. The van der Waals surface area contributed by atoms with Crippen molar-refractivity contribution < 1.29 is 21.7 Å². The molecule has 8 atom stereocenters. The summed E-state index contributed by atoms with van der Waals surface area (Å²) in [6.45, 7) is 0. The molecule has 4 saturated carbocycles. The topological polar surface area (TPSA) is 96.2 Å². The van der Waals surface area contributed by atoms with Gasteiger partial charge in [0.2, 0.25) is 0 Å². The molecule has 228 valence electrons. The normalized spacial score (nSPS) is 56.2. The molecule has 9 fully saturated rings. The van der Waals surface area contributed by atoms with Gasteiger partial charge in [-0.2, -0.15) is 0 Å². The molecular weight excluding hydrogens is 544 g/mol. The molecular formula is C32H56N8Ti. The maximum Gasteiger partial charge on any atom is 0.0628 e. The van der Waals surface area contributed by atoms with Crippen molar-refractivity contribution in [1.82, 2.24) is 42.5 Å². The zero-order valence-corrected chi connectivity index (χ0v) is 26.6. The number of hydrogen-bond donors (Lipinski definition) is 8. The number of hydrogen-bond acceptors (Lipinski definition) is 8. The van der Waals surface area contributed by atoms with Gasteiger partial charge in [-0.15, -0.1) is 0 Å². The van der Waals surface area contributed by atoms with Crippen LogP contribution in [-0.2, 0) is 21.7 Å². The average Bonchev–Trinajstić information content (AvgIpc) is 3.73. The summed E-state index contributed by atoms with van der Waals surface area (Å²) in [5, 5.41) is 33.8. The van der Waals surface area contributed by atoms with Crippen LogP contribution in [-0.4, -0.2) is 49.3 Å². The first-order chi connectivity index (χ1) is 19.8. The second-order valence-corrected chi connectivity index (χ2v) is 15.6. The number of rotatable bonds is 0. The predicted octanol–water partition coefficient (Wildman–Crippen LogP) is 2.60. The molecule has 0 aromatic carbocycles. The van der Waals surface area contributed by atoms with Crippen LogP contribution in [0.1, 0.15) is 103 Å². The van der Waals surface area contributed by atoms with Crippen molar-refractivity contribution >= 4 is 0 Å². The van der Waals surface area contributed by atoms with Crippen LogP contribution in [0.3, 0.4) is 0 Å². The monoisotopic (exact) mass is 600 g/mol. The first-order valence-corrected chi connectivity index (χ1v) is 17.9. The molecule has 0 radical (unpaired) electrons. The van der Waals surface area contributed by atoms with Gasteiger partial charge >= 0.3 is 0 Å². The Bertz CT molecular complexity index is 716. The zero-order chi connectivity index (χ0) is 26.2. The van der Waals surface area contributed by atoms with E-state index in [2.05, 4.69) is 42.5 Å². The summed E-state index contributed by atoms with van der Waals surface area (Å²) in [5.41, 5.74) is 0. The van der Waals surface area contributed by atoms with Gasteiger partial charge in [0.05, 0.1) is 49.3 Å². The Morgan fingerprint density at radius 2 is 0.341 bits per heavy atom. The summed E-state index contributed by atoms with van der Waals surface area (Å²) in [5.74, 6) is 5.97. The molecule has 8 N–H and O–H groups in total. The maximum absolute atomic E-state index is 4.26. The van der Waals surface area contributed by atoms with Crippen molar-refractivity contribution in [3.05, 3.63) is 0 Å². The Morgan fingerprint density at radius 3 is 0.463 bits per heavy atom. The summed E-state index contributed by atoms with van der Waals surface area (Å²) < 4.78 is 0. The standard InChI is InChI=1S/C32H56N8.Ti/c1-2-10-18-17(9-1)25-33-26(18)38-28-21-13-5-6-14-22(21)30(35-28)40-32-24-16-8-7-15-23(24)31(36-32)39-29-20-12-4-3-11-19(20)27(34-29)37-25;/h17-40H,1-16H2;. The molecule has 0 aromatic heterocycles. The molecule has 9 rings (SSSR count). The van der Waals surface area contributed by atoms with Gasteiger partial charge in [0.1, 0.15) is 0 Å². The Balaban J connectivity index is 0.00000256. The van der Waals surface area contributed by atoms with Crippen LogP contribution in [0.25, 0.3) is 0 Å². The molecule has 9 heteroatoms. The van der Waals surface area contributed by atoms with E-state index in [-0.39, 0.29) is 21.7 Å². The van der Waals surface area contributed by atoms with Crippen LogP contribution < -0.4 is 42.5 Å². The quantitative estimate of drug-likeness (QED) is 0.201. The molecule has 8 unspecified atom stereocenters. The second kappa shape index (κ2) is 12.0. The first-order valence-electron chi connectivity index (χ1n) is 17.9. The van der Waals surface area contributed by atoms with Gasteiger partial charge in [-0.25, -0.2) is 0 Å². The van der Waals surface area contributed by atoms with Gasteiger partial charge in [-0.05, 0) is 98.7 Å². The Hall–Kier alpha value is 0.394. The van der Waals surface area contributed by atoms with Crippen molar-refractivity contribution in [2.75, 3.05) is 0 Å². The van der Waals surface area contributed by atoms with E-state index in [0.717, 1.165) is 47.3 Å². The molecule has 8 nitrogen and oxygen atoms in total. The third-order valence-electron chi connectivity index (χ3n) is 13.8. The molecule has 41 heavy (non-hydrogen) atoms. The SMILES string of the molecule is C1CCC2C3NC(NC4NC(NC5NC(NC6NC(N3)C3CCCCC63)C3CCCCC53)C3CCCCC43)C2C1.[Ti]. The molecule has 5 saturated heterocycles. The average molecular weight is 601 g/mol. The maximum atomic E-state index is 4.26. The van der Waals surface area contributed by atoms with E-state index in [0.29, 0.717) is 49.3 Å². The minimum absolute atomic E-state index is 0. The van der Waals surface area contributed by atoms with Crippen molar-refractivity contribution in [1.29, 1.82) is 0 Å². The van der Waals surface area contributed by atoms with E-state index in [1.54, 1.807) is 0 Å². The Labute approximate surface area is 262 Å². The molecule has 8 bridgehead atoms. The molecule has 0 spiro atoms. The number of fused-ring (bicyclic) bond motifs is 20. The van der Waals surface area contributed by atoms with Crippen molar-refractivity contribution in [2.24, 2.45) is 47.3 Å². The molecule has 5 heterocycles. The summed E-state index contributed by atoms with van der Waals surface area (Å²) in [4.78, 5) is 0. The van der Waals surface area contributed by atoms with E-state index in [1.807, 2.05) is 0 Å². The van der Waals surface area contributed by atoms with Gasteiger partial charge in [0.15, 0.2) is 0 Å². The fourth-order valence-corrected chi connectivity index (χ4v) is 12.0. The van der Waals surface area contributed by atoms with Crippen molar-refractivity contribution in [3.8, 4) is 0 Å². The van der Waals surface area contributed by atoms with Crippen molar-refractivity contribution in [3.63, 3.8) is 0 Å². The zero-order valence-electron chi connectivity index (χ0n) is 25.1. The summed E-state index contributed by atoms with van der Waals surface area (Å²) in [6.07, 6.45) is 25.6. The van der Waals surface area contributed by atoms with E-state index < -0.39 is 0 Å². The van der Waals surface area contributed by atoms with Gasteiger partial charge in [-0.3, -0.25) is 42.5 Å². The molecule has 9 aliphatic rings. The molecule has 0 amide bonds. The summed E-state index contributed by atoms with van der Waals surface area (Å²) >= 11 is 0. The summed E-state index contributed by atoms with van der Waals surface area (Å²) in [7, 11) is 0. The smallest absolute Gasteiger partial charge is 0.0628 e. The van der Waals surface area contributed by atoms with Gasteiger partial charge < -0.3 is 0 Å². The Morgan fingerprint density at radius 1 is 0.220 bits per heavy atom. The van der Waals surface area contributed by atoms with Gasteiger partial charge in [-0.1, -0.05) is 51.4 Å². The largest absolute Gasteiger partial charge is 0.286 e. The van der Waals surface area contributed by atoms with E-state index in [4.69, 9.17) is 0 Å². The minimum atomic E-state index is 0. The van der Waals surface area contributed by atoms with Gasteiger partial charge in [0, 0.05) is 21.7 Å². The van der Waals surface area contributed by atoms with E-state index in [1.165, 1.54) is 103 Å². The van der Waals surface area contributed by atoms with E-state index in [9.17, 15) is 0 Å². The fourth-order valence-electron chi connectivity index (χ4n) is 12.0. The van der Waals surface area contributed by atoms with Crippen LogP contribution in [0, 0.1) is 47.3 Å². The van der Waals surface area contributed by atoms with Gasteiger partial charge in [0.25, 0.3) is 0 Å². The molecule has 0 aromatic rings. The second-order valence-electron chi connectivity index (χ2n) is 15.6. The van der Waals surface area contributed by atoms with Crippen LogP contribution in [0.2, 0.25) is 0 Å². The van der Waals surface area contributed by atoms with Crippen LogP contribution >= 0.6 is 0 Å². The fraction of sp³-hybridized carbons (Fsp3) is 1.00. The number of nitrogens with one attached hydrogen (secondary N) is 8. The molecule has 4 aliphatic carbocycles. The predicted molar refractivity (Wildman–Crippen MR) is 157 cm³/mol. The minimum Gasteiger partial charge on any atom is -0.286 e. The Kier molecular flexibility index (Phi) is 8.41.